The topological polar surface area (TPSA) is 92.1 Å². The molecule has 0 atom stereocenters. The number of ether oxygens (including phenoxy) is 2. The summed E-state index contributed by atoms with van der Waals surface area (Å²) in [5.74, 6) is 1.11. The average Bonchev–Trinajstić information content (AvgIpc) is 3.38. The zero-order chi connectivity index (χ0) is 20.7. The number of nitriles is 1. The number of hydrogen-bond acceptors (Lipinski definition) is 8. The zero-order valence-corrected chi connectivity index (χ0v) is 17.3. The number of thiazole rings is 1. The minimum Gasteiger partial charge on any atom is -0.454 e. The smallest absolute Gasteiger partial charge is 0.231 e. The highest BCUT2D eigenvalue weighted by molar-refractivity contribution is 7.22. The first-order valence-electron chi connectivity index (χ1n) is 9.01. The monoisotopic (exact) mass is 435 g/mol. The number of anilines is 4. The highest BCUT2D eigenvalue weighted by atomic mass is 35.5. The van der Waals surface area contributed by atoms with E-state index in [4.69, 9.17) is 21.1 Å². The van der Waals surface area contributed by atoms with Gasteiger partial charge < -0.3 is 20.1 Å². The molecule has 7 nitrogen and oxygen atoms in total. The van der Waals surface area contributed by atoms with Gasteiger partial charge in [0.25, 0.3) is 0 Å². The van der Waals surface area contributed by atoms with Crippen molar-refractivity contribution >= 4 is 55.5 Å². The van der Waals surface area contributed by atoms with E-state index in [0.717, 1.165) is 10.4 Å². The number of fused-ring (bicyclic) bond motifs is 2. The molecular formula is C21H14ClN5O2S. The lowest BCUT2D eigenvalue weighted by atomic mass is 10.2. The third-order valence-corrected chi connectivity index (χ3v) is 5.88. The molecule has 0 radical (unpaired) electrons. The van der Waals surface area contributed by atoms with E-state index >= 15 is 0 Å². The van der Waals surface area contributed by atoms with Gasteiger partial charge in [-0.05, 0) is 31.2 Å². The molecule has 9 heteroatoms. The van der Waals surface area contributed by atoms with Crippen LogP contribution in [0.2, 0.25) is 5.02 Å². The van der Waals surface area contributed by atoms with E-state index < -0.39 is 0 Å². The van der Waals surface area contributed by atoms with Crippen LogP contribution in [0.25, 0.3) is 10.3 Å². The second kappa shape index (κ2) is 7.37. The summed E-state index contributed by atoms with van der Waals surface area (Å²) in [7, 11) is 0. The number of rotatable bonds is 4. The van der Waals surface area contributed by atoms with Gasteiger partial charge in [-0.3, -0.25) is 0 Å². The largest absolute Gasteiger partial charge is 0.454 e. The standard InChI is InChI=1S/C21H14ClN5O2S/c1-11-2-4-13(5-3-11)25-21-27-20-19(30-21)16(12(8-23)9-24-20)26-17-14(22)6-7-15-18(17)29-10-28-15/h2-7,9H,10H2,1H3,(H2,24,25,26,27). The van der Waals surface area contributed by atoms with Crippen LogP contribution in [0.4, 0.5) is 22.2 Å². The summed E-state index contributed by atoms with van der Waals surface area (Å²) in [4.78, 5) is 8.89. The predicted molar refractivity (Wildman–Crippen MR) is 117 cm³/mol. The van der Waals surface area contributed by atoms with Crippen LogP contribution in [0.15, 0.2) is 42.6 Å². The number of hydrogen-bond donors (Lipinski definition) is 2. The number of halogens is 1. The van der Waals surface area contributed by atoms with Gasteiger partial charge in [-0.25, -0.2) is 4.98 Å². The Balaban J connectivity index is 1.58. The lowest BCUT2D eigenvalue weighted by molar-refractivity contribution is 0.174. The van der Waals surface area contributed by atoms with Crippen molar-refractivity contribution in [2.75, 3.05) is 17.4 Å². The molecule has 0 amide bonds. The van der Waals surface area contributed by atoms with Crippen molar-refractivity contribution in [2.45, 2.75) is 6.92 Å². The van der Waals surface area contributed by atoms with Gasteiger partial charge in [-0.1, -0.05) is 40.6 Å². The van der Waals surface area contributed by atoms with Crippen LogP contribution in [-0.2, 0) is 0 Å². The molecule has 0 bridgehead atoms. The summed E-state index contributed by atoms with van der Waals surface area (Å²) >= 11 is 7.81. The summed E-state index contributed by atoms with van der Waals surface area (Å²) in [5.41, 5.74) is 4.11. The molecule has 2 aromatic heterocycles. The van der Waals surface area contributed by atoms with Crippen molar-refractivity contribution in [3.05, 3.63) is 58.7 Å². The van der Waals surface area contributed by atoms with Gasteiger partial charge in [-0.15, -0.1) is 0 Å². The Labute approximate surface area is 180 Å². The number of nitrogens with one attached hydrogen (secondary N) is 2. The molecule has 2 N–H and O–H groups in total. The fraction of sp³-hybridized carbons (Fsp3) is 0.0952. The Kier molecular flexibility index (Phi) is 4.54. The number of nitrogens with zero attached hydrogens (tertiary/aromatic N) is 3. The molecule has 5 rings (SSSR count). The minimum atomic E-state index is 0.117. The van der Waals surface area contributed by atoms with Gasteiger partial charge in [0.1, 0.15) is 16.5 Å². The number of pyridine rings is 1. The van der Waals surface area contributed by atoms with Crippen molar-refractivity contribution in [1.82, 2.24) is 9.97 Å². The Hall–Kier alpha value is -3.54. The van der Waals surface area contributed by atoms with E-state index in [1.54, 1.807) is 12.1 Å². The van der Waals surface area contributed by atoms with Crippen LogP contribution < -0.4 is 20.1 Å². The van der Waals surface area contributed by atoms with Gasteiger partial charge in [0.2, 0.25) is 6.79 Å². The summed E-state index contributed by atoms with van der Waals surface area (Å²) in [6.45, 7) is 2.15. The molecular weight excluding hydrogens is 422 g/mol. The van der Waals surface area contributed by atoms with Crippen molar-refractivity contribution in [2.24, 2.45) is 0 Å². The van der Waals surface area contributed by atoms with Crippen molar-refractivity contribution in [3.63, 3.8) is 0 Å². The molecule has 30 heavy (non-hydrogen) atoms. The molecule has 2 aromatic carbocycles. The van der Waals surface area contributed by atoms with Crippen LogP contribution in [0.5, 0.6) is 11.5 Å². The molecule has 0 saturated heterocycles. The molecule has 0 spiro atoms. The van der Waals surface area contributed by atoms with E-state index in [1.165, 1.54) is 23.1 Å². The minimum absolute atomic E-state index is 0.117. The number of benzene rings is 2. The number of aromatic nitrogens is 2. The number of aryl methyl sites for hydroxylation is 1. The fourth-order valence-corrected chi connectivity index (χ4v) is 4.23. The van der Waals surface area contributed by atoms with Crippen molar-refractivity contribution in [3.8, 4) is 17.6 Å². The van der Waals surface area contributed by atoms with Gasteiger partial charge in [0.05, 0.1) is 16.3 Å². The molecule has 0 unspecified atom stereocenters. The van der Waals surface area contributed by atoms with E-state index in [-0.39, 0.29) is 6.79 Å². The van der Waals surface area contributed by atoms with Gasteiger partial charge >= 0.3 is 0 Å². The summed E-state index contributed by atoms with van der Waals surface area (Å²) < 4.78 is 11.7. The highest BCUT2D eigenvalue weighted by Crippen LogP contribution is 2.46. The molecule has 0 fully saturated rings. The molecule has 1 aliphatic heterocycles. The lowest BCUT2D eigenvalue weighted by Crippen LogP contribution is -1.98. The van der Waals surface area contributed by atoms with Crippen molar-refractivity contribution in [1.29, 1.82) is 5.26 Å². The van der Waals surface area contributed by atoms with Gasteiger partial charge in [0, 0.05) is 11.9 Å². The third-order valence-electron chi connectivity index (χ3n) is 4.58. The van der Waals surface area contributed by atoms with Crippen molar-refractivity contribution < 1.29 is 9.47 Å². The lowest BCUT2D eigenvalue weighted by Gasteiger charge is -2.12. The normalized spacial score (nSPS) is 12.0. The fourth-order valence-electron chi connectivity index (χ4n) is 3.09. The third kappa shape index (κ3) is 3.24. The average molecular weight is 436 g/mol. The molecule has 1 aliphatic rings. The second-order valence-corrected chi connectivity index (χ2v) is 8.01. The second-order valence-electron chi connectivity index (χ2n) is 6.60. The van der Waals surface area contributed by atoms with E-state index in [0.29, 0.717) is 44.2 Å². The van der Waals surface area contributed by atoms with Crippen LogP contribution in [0.1, 0.15) is 11.1 Å². The molecule has 148 valence electrons. The molecule has 0 saturated carbocycles. The predicted octanol–water partition coefficient (Wildman–Crippen LogP) is 5.74. The van der Waals surface area contributed by atoms with E-state index in [2.05, 4.69) is 26.7 Å². The highest BCUT2D eigenvalue weighted by Gasteiger charge is 2.23. The first-order valence-corrected chi connectivity index (χ1v) is 10.2. The summed E-state index contributed by atoms with van der Waals surface area (Å²) in [6, 6.07) is 13.7. The summed E-state index contributed by atoms with van der Waals surface area (Å²) in [5, 5.41) is 17.3. The molecule has 0 aliphatic carbocycles. The zero-order valence-electron chi connectivity index (χ0n) is 15.7. The van der Waals surface area contributed by atoms with Crippen LogP contribution in [-0.4, -0.2) is 16.8 Å². The van der Waals surface area contributed by atoms with Gasteiger partial charge in [0.15, 0.2) is 22.3 Å². The maximum atomic E-state index is 9.64. The summed E-state index contributed by atoms with van der Waals surface area (Å²) in [6.07, 6.45) is 1.49. The van der Waals surface area contributed by atoms with Crippen LogP contribution in [0.3, 0.4) is 0 Å². The van der Waals surface area contributed by atoms with E-state index in [1.807, 2.05) is 31.2 Å². The first-order chi connectivity index (χ1) is 14.6. The quantitative estimate of drug-likeness (QED) is 0.422. The van der Waals surface area contributed by atoms with Gasteiger partial charge in [-0.2, -0.15) is 10.2 Å². The Morgan fingerprint density at radius 2 is 1.93 bits per heavy atom. The van der Waals surface area contributed by atoms with Crippen LogP contribution in [0, 0.1) is 18.3 Å². The maximum Gasteiger partial charge on any atom is 0.231 e. The molecule has 4 aromatic rings. The van der Waals surface area contributed by atoms with E-state index in [9.17, 15) is 5.26 Å². The Morgan fingerprint density at radius 1 is 1.10 bits per heavy atom. The van der Waals surface area contributed by atoms with Crippen LogP contribution >= 0.6 is 22.9 Å². The Bertz CT molecular complexity index is 1310. The SMILES string of the molecule is Cc1ccc(Nc2nc3ncc(C#N)c(Nc4c(Cl)ccc5c4OCO5)c3s2)cc1. The maximum absolute atomic E-state index is 9.64. The Morgan fingerprint density at radius 3 is 2.73 bits per heavy atom. The molecule has 3 heterocycles. The first kappa shape index (κ1) is 18.5.